The maximum absolute atomic E-state index is 13.1. The van der Waals surface area contributed by atoms with Crippen molar-refractivity contribution >= 4 is 27.5 Å². The summed E-state index contributed by atoms with van der Waals surface area (Å²) in [5.41, 5.74) is 1.36. The number of likely N-dealkylation sites (N-methyl/N-ethyl adjacent to an activating group) is 1. The number of carbonyl (C=O) groups excluding carboxylic acids is 1. The predicted octanol–water partition coefficient (Wildman–Crippen LogP) is 3.43. The topological polar surface area (TPSA) is 82.9 Å². The van der Waals surface area contributed by atoms with Crippen molar-refractivity contribution in [2.45, 2.75) is 12.6 Å². The highest BCUT2D eigenvalue weighted by molar-refractivity contribution is 7.22. The van der Waals surface area contributed by atoms with E-state index in [4.69, 9.17) is 14.2 Å². The van der Waals surface area contributed by atoms with E-state index in [0.29, 0.717) is 34.9 Å². The van der Waals surface area contributed by atoms with Gasteiger partial charge in [-0.2, -0.15) is 0 Å². The van der Waals surface area contributed by atoms with Gasteiger partial charge >= 0.3 is 0 Å². The average molecular weight is 478 g/mol. The van der Waals surface area contributed by atoms with Crippen molar-refractivity contribution in [1.82, 2.24) is 14.5 Å². The highest BCUT2D eigenvalue weighted by Crippen LogP contribution is 2.32. The lowest BCUT2D eigenvalue weighted by molar-refractivity contribution is -0.132. The van der Waals surface area contributed by atoms with E-state index in [-0.39, 0.29) is 24.1 Å². The smallest absolute Gasteiger partial charge is 0.271 e. The van der Waals surface area contributed by atoms with Crippen LogP contribution in [-0.2, 0) is 11.3 Å². The molecule has 0 bridgehead atoms. The zero-order valence-electron chi connectivity index (χ0n) is 18.8. The Labute approximate surface area is 199 Å². The van der Waals surface area contributed by atoms with Crippen molar-refractivity contribution in [3.63, 3.8) is 0 Å². The largest absolute Gasteiger partial charge is 0.497 e. The van der Waals surface area contributed by atoms with Crippen LogP contribution in [0.2, 0.25) is 0 Å². The molecule has 1 aliphatic rings. The summed E-state index contributed by atoms with van der Waals surface area (Å²) in [7, 11) is 3.31. The standard InChI is InChI=1S/C25H23N3O5S/c1-27(12-18-14-32-20-5-3-4-6-21(20)33-18)23(29)13-28-15-26-19-11-22(34-24(19)25(28)30)16-7-9-17(31-2)10-8-16/h3-11,15,18H,12-14H2,1-2H3/t18-/m1/s1. The van der Waals surface area contributed by atoms with Gasteiger partial charge in [-0.3, -0.25) is 14.2 Å². The molecule has 0 N–H and O–H groups in total. The third-order valence-corrected chi connectivity index (χ3v) is 6.82. The van der Waals surface area contributed by atoms with Gasteiger partial charge in [0.05, 0.1) is 25.5 Å². The minimum atomic E-state index is -0.287. The zero-order valence-corrected chi connectivity index (χ0v) is 19.6. The second kappa shape index (κ2) is 9.18. The zero-order chi connectivity index (χ0) is 23.7. The predicted molar refractivity (Wildman–Crippen MR) is 130 cm³/mol. The molecule has 0 spiro atoms. The Bertz CT molecular complexity index is 1400. The van der Waals surface area contributed by atoms with E-state index in [1.807, 2.05) is 54.6 Å². The van der Waals surface area contributed by atoms with Gasteiger partial charge in [-0.15, -0.1) is 11.3 Å². The monoisotopic (exact) mass is 477 g/mol. The lowest BCUT2D eigenvalue weighted by Gasteiger charge is -2.29. The van der Waals surface area contributed by atoms with Crippen molar-refractivity contribution in [2.24, 2.45) is 0 Å². The number of benzene rings is 2. The molecule has 174 valence electrons. The maximum atomic E-state index is 13.1. The van der Waals surface area contributed by atoms with Crippen LogP contribution in [0.25, 0.3) is 20.7 Å². The Morgan fingerprint density at radius 3 is 2.74 bits per heavy atom. The summed E-state index contributed by atoms with van der Waals surface area (Å²) in [6.45, 7) is 0.599. The van der Waals surface area contributed by atoms with Gasteiger partial charge in [0.1, 0.15) is 23.6 Å². The Morgan fingerprint density at radius 2 is 1.97 bits per heavy atom. The molecule has 0 saturated carbocycles. The van der Waals surface area contributed by atoms with E-state index in [2.05, 4.69) is 4.98 Å². The van der Waals surface area contributed by atoms with Crippen LogP contribution in [0.5, 0.6) is 17.2 Å². The number of para-hydroxylation sites is 2. The van der Waals surface area contributed by atoms with E-state index in [0.717, 1.165) is 16.2 Å². The van der Waals surface area contributed by atoms with Gasteiger partial charge < -0.3 is 19.1 Å². The van der Waals surface area contributed by atoms with Crippen molar-refractivity contribution < 1.29 is 19.0 Å². The van der Waals surface area contributed by atoms with Crippen LogP contribution < -0.4 is 19.8 Å². The number of hydrogen-bond donors (Lipinski definition) is 0. The summed E-state index contributed by atoms with van der Waals surface area (Å²) in [4.78, 5) is 32.8. The number of nitrogens with zero attached hydrogens (tertiary/aromatic N) is 3. The number of hydrogen-bond acceptors (Lipinski definition) is 7. The molecule has 1 amide bonds. The number of ether oxygens (including phenoxy) is 3. The second-order valence-corrected chi connectivity index (χ2v) is 9.06. The Kier molecular flexibility index (Phi) is 5.93. The first-order valence-electron chi connectivity index (χ1n) is 10.8. The molecule has 0 fully saturated rings. The Balaban J connectivity index is 1.29. The summed E-state index contributed by atoms with van der Waals surface area (Å²) < 4.78 is 18.7. The number of rotatable bonds is 6. The van der Waals surface area contributed by atoms with Crippen LogP contribution in [0.1, 0.15) is 0 Å². The highest BCUT2D eigenvalue weighted by Gasteiger charge is 2.24. The van der Waals surface area contributed by atoms with Gasteiger partial charge in [-0.25, -0.2) is 4.98 Å². The number of methoxy groups -OCH3 is 1. The number of fused-ring (bicyclic) bond motifs is 2. The first-order valence-corrected chi connectivity index (χ1v) is 11.6. The SMILES string of the molecule is COc1ccc(-c2cc3ncn(CC(=O)N(C)C[C@@H]4COc5ccccc5O4)c(=O)c3s2)cc1. The van der Waals surface area contributed by atoms with E-state index >= 15 is 0 Å². The van der Waals surface area contributed by atoms with Crippen LogP contribution in [0.4, 0.5) is 0 Å². The van der Waals surface area contributed by atoms with E-state index < -0.39 is 0 Å². The van der Waals surface area contributed by atoms with Crippen molar-refractivity contribution in [3.8, 4) is 27.7 Å². The molecule has 34 heavy (non-hydrogen) atoms. The van der Waals surface area contributed by atoms with Gasteiger partial charge in [-0.1, -0.05) is 12.1 Å². The third kappa shape index (κ3) is 4.34. The molecular formula is C25H23N3O5S. The van der Waals surface area contributed by atoms with E-state index in [1.54, 1.807) is 19.1 Å². The first kappa shape index (κ1) is 22.0. The highest BCUT2D eigenvalue weighted by atomic mass is 32.1. The van der Waals surface area contributed by atoms with Crippen molar-refractivity contribution in [3.05, 3.63) is 71.3 Å². The van der Waals surface area contributed by atoms with Crippen molar-refractivity contribution in [2.75, 3.05) is 27.3 Å². The molecule has 2 aromatic carbocycles. The van der Waals surface area contributed by atoms with Gasteiger partial charge in [0.15, 0.2) is 17.6 Å². The van der Waals surface area contributed by atoms with E-state index in [1.165, 1.54) is 22.2 Å². The molecule has 1 aliphatic heterocycles. The normalized spacial score (nSPS) is 14.7. The van der Waals surface area contributed by atoms with E-state index in [9.17, 15) is 9.59 Å². The molecule has 2 aromatic heterocycles. The minimum Gasteiger partial charge on any atom is -0.497 e. The summed E-state index contributed by atoms with van der Waals surface area (Å²) in [6.07, 6.45) is 1.14. The van der Waals surface area contributed by atoms with Gasteiger partial charge in [0.2, 0.25) is 5.91 Å². The van der Waals surface area contributed by atoms with Crippen LogP contribution >= 0.6 is 11.3 Å². The van der Waals surface area contributed by atoms with Crippen LogP contribution in [-0.4, -0.2) is 53.8 Å². The lowest BCUT2D eigenvalue weighted by Crippen LogP contribution is -2.43. The molecule has 5 rings (SSSR count). The third-order valence-electron chi connectivity index (χ3n) is 5.65. The summed E-state index contributed by atoms with van der Waals surface area (Å²) in [6, 6.07) is 17.0. The quantitative estimate of drug-likeness (QED) is 0.423. The number of aromatic nitrogens is 2. The molecule has 8 nitrogen and oxygen atoms in total. The number of amides is 1. The van der Waals surface area contributed by atoms with Gasteiger partial charge in [0.25, 0.3) is 5.56 Å². The molecule has 3 heterocycles. The number of carbonyl (C=O) groups is 1. The fourth-order valence-corrected chi connectivity index (χ4v) is 4.85. The average Bonchev–Trinajstić information content (AvgIpc) is 3.31. The second-order valence-electron chi connectivity index (χ2n) is 8.00. The Morgan fingerprint density at radius 1 is 1.21 bits per heavy atom. The molecular weight excluding hydrogens is 454 g/mol. The van der Waals surface area contributed by atoms with Gasteiger partial charge in [0, 0.05) is 11.9 Å². The minimum absolute atomic E-state index is 0.0990. The first-order chi connectivity index (χ1) is 16.5. The number of thiophene rings is 1. The molecule has 0 unspecified atom stereocenters. The van der Waals surface area contributed by atoms with Gasteiger partial charge in [-0.05, 0) is 48.0 Å². The van der Waals surface area contributed by atoms with Crippen molar-refractivity contribution in [1.29, 1.82) is 0 Å². The summed E-state index contributed by atoms with van der Waals surface area (Å²) in [5.74, 6) is 1.92. The summed E-state index contributed by atoms with van der Waals surface area (Å²) in [5, 5.41) is 0. The summed E-state index contributed by atoms with van der Waals surface area (Å²) >= 11 is 1.36. The fourth-order valence-electron chi connectivity index (χ4n) is 3.78. The lowest BCUT2D eigenvalue weighted by atomic mass is 10.2. The van der Waals surface area contributed by atoms with Crippen LogP contribution in [0.15, 0.2) is 65.7 Å². The maximum Gasteiger partial charge on any atom is 0.271 e. The fraction of sp³-hybridized carbons (Fsp3) is 0.240. The Hall–Kier alpha value is -3.85. The molecule has 0 radical (unpaired) electrons. The molecule has 0 saturated heterocycles. The molecule has 0 aliphatic carbocycles. The van der Waals surface area contributed by atoms with Crippen LogP contribution in [0, 0.1) is 0 Å². The van der Waals surface area contributed by atoms with Crippen LogP contribution in [0.3, 0.4) is 0 Å². The molecule has 1 atom stereocenters. The molecule has 4 aromatic rings. The molecule has 9 heteroatoms.